The number of aromatic nitrogens is 2. The molecule has 3 rings (SSSR count). The van der Waals surface area contributed by atoms with Crippen LogP contribution in [0, 0.1) is 6.92 Å². The number of imidazole rings is 1. The van der Waals surface area contributed by atoms with Gasteiger partial charge in [-0.2, -0.15) is 0 Å². The van der Waals surface area contributed by atoms with Crippen LogP contribution in [0.3, 0.4) is 0 Å². The molecule has 0 aliphatic carbocycles. The van der Waals surface area contributed by atoms with Crippen molar-refractivity contribution in [2.45, 2.75) is 32.2 Å². The van der Waals surface area contributed by atoms with Crippen molar-refractivity contribution in [1.82, 2.24) is 19.4 Å². The quantitative estimate of drug-likeness (QED) is 0.836. The molecule has 6 heteroatoms. The molecular formula is C18H26N4OS. The molecule has 1 aliphatic rings. The molecule has 0 saturated carbocycles. The maximum absolute atomic E-state index is 12.6. The van der Waals surface area contributed by atoms with Crippen LogP contribution >= 0.6 is 11.3 Å². The Morgan fingerprint density at radius 2 is 2.12 bits per heavy atom. The minimum absolute atomic E-state index is 0.192. The molecule has 130 valence electrons. The van der Waals surface area contributed by atoms with E-state index in [4.69, 9.17) is 0 Å². The zero-order valence-corrected chi connectivity index (χ0v) is 15.6. The molecule has 0 aromatic carbocycles. The first-order valence-corrected chi connectivity index (χ1v) is 9.43. The first kappa shape index (κ1) is 17.2. The van der Waals surface area contributed by atoms with Gasteiger partial charge in [-0.05, 0) is 50.9 Å². The lowest BCUT2D eigenvalue weighted by molar-refractivity contribution is 0.0714. The van der Waals surface area contributed by atoms with Gasteiger partial charge in [0.1, 0.15) is 5.82 Å². The molecule has 0 radical (unpaired) electrons. The molecule has 1 aliphatic heterocycles. The van der Waals surface area contributed by atoms with Crippen LogP contribution in [-0.2, 0) is 6.54 Å². The van der Waals surface area contributed by atoms with Crippen LogP contribution < -0.4 is 0 Å². The van der Waals surface area contributed by atoms with E-state index in [2.05, 4.69) is 34.7 Å². The van der Waals surface area contributed by atoms with Crippen LogP contribution in [0.25, 0.3) is 0 Å². The van der Waals surface area contributed by atoms with Gasteiger partial charge in [0.25, 0.3) is 5.91 Å². The molecule has 2 aromatic heterocycles. The fraction of sp³-hybridized carbons (Fsp3) is 0.556. The van der Waals surface area contributed by atoms with Crippen LogP contribution in [0.2, 0.25) is 0 Å². The van der Waals surface area contributed by atoms with Gasteiger partial charge in [-0.1, -0.05) is 0 Å². The number of rotatable bonds is 5. The Morgan fingerprint density at radius 1 is 1.38 bits per heavy atom. The summed E-state index contributed by atoms with van der Waals surface area (Å²) in [5, 5.41) is 2.00. The highest BCUT2D eigenvalue weighted by Crippen LogP contribution is 2.28. The number of piperidine rings is 1. The first-order valence-electron chi connectivity index (χ1n) is 8.55. The molecule has 0 atom stereocenters. The molecular weight excluding hydrogens is 320 g/mol. The zero-order chi connectivity index (χ0) is 17.1. The van der Waals surface area contributed by atoms with Crippen molar-refractivity contribution in [2.75, 3.05) is 33.7 Å². The minimum atomic E-state index is 0.192. The fourth-order valence-electron chi connectivity index (χ4n) is 3.25. The number of hydrogen-bond acceptors (Lipinski definition) is 4. The number of thiophene rings is 1. The maximum atomic E-state index is 12.6. The topological polar surface area (TPSA) is 41.4 Å². The maximum Gasteiger partial charge on any atom is 0.264 e. The smallest absolute Gasteiger partial charge is 0.264 e. The van der Waals surface area contributed by atoms with E-state index >= 15 is 0 Å². The lowest BCUT2D eigenvalue weighted by atomic mass is 9.95. The molecule has 0 unspecified atom stereocenters. The van der Waals surface area contributed by atoms with Crippen LogP contribution in [0.1, 0.15) is 39.8 Å². The normalized spacial score (nSPS) is 16.1. The van der Waals surface area contributed by atoms with E-state index in [0.29, 0.717) is 5.92 Å². The van der Waals surface area contributed by atoms with E-state index in [9.17, 15) is 4.79 Å². The molecule has 1 fully saturated rings. The van der Waals surface area contributed by atoms with E-state index in [1.807, 2.05) is 29.5 Å². The Labute approximate surface area is 147 Å². The van der Waals surface area contributed by atoms with Gasteiger partial charge in [-0.3, -0.25) is 4.79 Å². The number of likely N-dealkylation sites (N-methyl/N-ethyl adjacent to an activating group) is 1. The summed E-state index contributed by atoms with van der Waals surface area (Å²) in [7, 11) is 4.18. The third-order valence-corrected chi connectivity index (χ3v) is 5.74. The summed E-state index contributed by atoms with van der Waals surface area (Å²) in [6.45, 7) is 5.63. The van der Waals surface area contributed by atoms with Crippen molar-refractivity contribution < 1.29 is 4.79 Å². The van der Waals surface area contributed by atoms with Gasteiger partial charge in [-0.15, -0.1) is 11.3 Å². The monoisotopic (exact) mass is 346 g/mol. The van der Waals surface area contributed by atoms with Gasteiger partial charge in [0.05, 0.1) is 4.88 Å². The molecule has 24 heavy (non-hydrogen) atoms. The van der Waals surface area contributed by atoms with E-state index < -0.39 is 0 Å². The van der Waals surface area contributed by atoms with E-state index in [1.165, 1.54) is 5.82 Å². The largest absolute Gasteiger partial charge is 0.338 e. The van der Waals surface area contributed by atoms with Crippen molar-refractivity contribution in [3.8, 4) is 0 Å². The Morgan fingerprint density at radius 3 is 2.75 bits per heavy atom. The molecule has 5 nitrogen and oxygen atoms in total. The predicted octanol–water partition coefficient (Wildman–Crippen LogP) is 2.83. The van der Waals surface area contributed by atoms with Gasteiger partial charge in [0.2, 0.25) is 0 Å². The Bertz CT molecular complexity index is 683. The highest BCUT2D eigenvalue weighted by molar-refractivity contribution is 7.12. The summed E-state index contributed by atoms with van der Waals surface area (Å²) in [6, 6.07) is 2.02. The third-order valence-electron chi connectivity index (χ3n) is 4.74. The van der Waals surface area contributed by atoms with Crippen molar-refractivity contribution in [3.63, 3.8) is 0 Å². The number of carbonyl (C=O) groups excluding carboxylic acids is 1. The summed E-state index contributed by atoms with van der Waals surface area (Å²) in [5.41, 5.74) is 1.09. The van der Waals surface area contributed by atoms with Crippen molar-refractivity contribution in [2.24, 2.45) is 0 Å². The van der Waals surface area contributed by atoms with Crippen LogP contribution in [0.4, 0.5) is 0 Å². The number of likely N-dealkylation sites (tertiary alicyclic amines) is 1. The minimum Gasteiger partial charge on any atom is -0.338 e. The lowest BCUT2D eigenvalue weighted by Gasteiger charge is -2.32. The molecule has 0 bridgehead atoms. The second-order valence-electron chi connectivity index (χ2n) is 6.78. The van der Waals surface area contributed by atoms with Crippen molar-refractivity contribution in [3.05, 3.63) is 40.1 Å². The van der Waals surface area contributed by atoms with Crippen LogP contribution in [0.15, 0.2) is 23.8 Å². The van der Waals surface area contributed by atoms with Crippen LogP contribution in [-0.4, -0.2) is 59.0 Å². The summed E-state index contributed by atoms with van der Waals surface area (Å²) >= 11 is 1.55. The number of nitrogens with zero attached hydrogens (tertiary/aromatic N) is 4. The standard InChI is InChI=1S/C18H26N4OS/c1-14-6-13-24-16(14)18(23)22-8-4-15(5-9-22)17-19-7-10-21(17)12-11-20(2)3/h6-7,10,13,15H,4-5,8-9,11-12H2,1-3H3. The summed E-state index contributed by atoms with van der Waals surface area (Å²) in [5.74, 6) is 1.82. The molecule has 2 aromatic rings. The summed E-state index contributed by atoms with van der Waals surface area (Å²) in [4.78, 5) is 22.3. The van der Waals surface area contributed by atoms with Gasteiger partial charge < -0.3 is 14.4 Å². The van der Waals surface area contributed by atoms with E-state index in [1.54, 1.807) is 11.3 Å². The van der Waals surface area contributed by atoms with Gasteiger partial charge >= 0.3 is 0 Å². The van der Waals surface area contributed by atoms with Crippen molar-refractivity contribution in [1.29, 1.82) is 0 Å². The second kappa shape index (κ2) is 7.49. The summed E-state index contributed by atoms with van der Waals surface area (Å²) < 4.78 is 2.27. The van der Waals surface area contributed by atoms with Crippen molar-refractivity contribution >= 4 is 17.2 Å². The Balaban J connectivity index is 1.60. The van der Waals surface area contributed by atoms with E-state index in [0.717, 1.165) is 49.5 Å². The Hall–Kier alpha value is -1.66. The molecule has 1 saturated heterocycles. The predicted molar refractivity (Wildman–Crippen MR) is 97.7 cm³/mol. The van der Waals surface area contributed by atoms with Gasteiger partial charge in [0.15, 0.2) is 0 Å². The summed E-state index contributed by atoms with van der Waals surface area (Å²) in [6.07, 6.45) is 5.97. The lowest BCUT2D eigenvalue weighted by Crippen LogP contribution is -2.38. The zero-order valence-electron chi connectivity index (χ0n) is 14.7. The third kappa shape index (κ3) is 3.70. The SMILES string of the molecule is Cc1ccsc1C(=O)N1CCC(c2nccn2CCN(C)C)CC1. The molecule has 3 heterocycles. The number of hydrogen-bond donors (Lipinski definition) is 0. The Kier molecular flexibility index (Phi) is 5.36. The van der Waals surface area contributed by atoms with E-state index in [-0.39, 0.29) is 5.91 Å². The molecule has 1 amide bonds. The molecule has 0 spiro atoms. The second-order valence-corrected chi connectivity index (χ2v) is 7.70. The number of carbonyl (C=O) groups is 1. The first-order chi connectivity index (χ1) is 11.6. The number of aryl methyl sites for hydroxylation is 1. The van der Waals surface area contributed by atoms with Gasteiger partial charge in [0, 0.05) is 44.5 Å². The molecule has 0 N–H and O–H groups in total. The average Bonchev–Trinajstić information content (AvgIpc) is 3.21. The number of amides is 1. The highest BCUT2D eigenvalue weighted by atomic mass is 32.1. The fourth-order valence-corrected chi connectivity index (χ4v) is 4.15. The highest BCUT2D eigenvalue weighted by Gasteiger charge is 2.27. The van der Waals surface area contributed by atoms with Gasteiger partial charge in [-0.25, -0.2) is 4.98 Å². The average molecular weight is 347 g/mol. The van der Waals surface area contributed by atoms with Crippen LogP contribution in [0.5, 0.6) is 0 Å².